The van der Waals surface area contributed by atoms with Crippen LogP contribution in [0.5, 0.6) is 0 Å². The summed E-state index contributed by atoms with van der Waals surface area (Å²) in [5.74, 6) is 0.133. The molecular formula is C23H31NO2. The number of carbonyl (C=O) groups excluding carboxylic acids is 1. The second-order valence-corrected chi connectivity index (χ2v) is 7.41. The predicted molar refractivity (Wildman–Crippen MR) is 107 cm³/mol. The maximum atomic E-state index is 12.8. The quantitative estimate of drug-likeness (QED) is 0.687. The molecule has 0 aliphatic heterocycles. The average molecular weight is 354 g/mol. The molecule has 0 spiro atoms. The zero-order valence-corrected chi connectivity index (χ0v) is 16.5. The molecule has 0 aromatic heterocycles. The molecule has 0 aliphatic carbocycles. The van der Waals surface area contributed by atoms with Crippen molar-refractivity contribution in [1.29, 1.82) is 0 Å². The largest absolute Gasteiger partial charge is 0.455 e. The first kappa shape index (κ1) is 20.2. The second-order valence-electron chi connectivity index (χ2n) is 7.41. The van der Waals surface area contributed by atoms with E-state index in [4.69, 9.17) is 4.74 Å². The van der Waals surface area contributed by atoms with Crippen molar-refractivity contribution in [2.24, 2.45) is 5.92 Å². The Bertz CT molecular complexity index is 679. The van der Waals surface area contributed by atoms with Gasteiger partial charge in [0.2, 0.25) is 0 Å². The van der Waals surface area contributed by atoms with Crippen LogP contribution in [0.1, 0.15) is 56.4 Å². The van der Waals surface area contributed by atoms with Crippen LogP contribution in [-0.4, -0.2) is 19.1 Å². The first-order valence-electron chi connectivity index (χ1n) is 9.44. The topological polar surface area (TPSA) is 38.3 Å². The van der Waals surface area contributed by atoms with E-state index >= 15 is 0 Å². The number of hydrogen-bond donors (Lipinski definition) is 1. The number of esters is 1. The lowest BCUT2D eigenvalue weighted by Crippen LogP contribution is -2.33. The summed E-state index contributed by atoms with van der Waals surface area (Å²) in [7, 11) is 1.88. The molecule has 0 aliphatic rings. The zero-order chi connectivity index (χ0) is 19.1. The van der Waals surface area contributed by atoms with Gasteiger partial charge in [0.25, 0.3) is 0 Å². The van der Waals surface area contributed by atoms with Crippen LogP contribution in [-0.2, 0) is 16.0 Å². The third kappa shape index (κ3) is 5.43. The summed E-state index contributed by atoms with van der Waals surface area (Å²) in [5.41, 5.74) is 3.30. The summed E-state index contributed by atoms with van der Waals surface area (Å²) in [4.78, 5) is 12.8. The Morgan fingerprint density at radius 3 is 2.08 bits per heavy atom. The Morgan fingerprint density at radius 1 is 0.923 bits per heavy atom. The van der Waals surface area contributed by atoms with E-state index in [-0.39, 0.29) is 24.0 Å². The van der Waals surface area contributed by atoms with Gasteiger partial charge in [-0.1, -0.05) is 68.4 Å². The van der Waals surface area contributed by atoms with E-state index in [1.54, 1.807) is 0 Å². The predicted octanol–water partition coefficient (Wildman–Crippen LogP) is 4.88. The van der Waals surface area contributed by atoms with E-state index in [2.05, 4.69) is 31.3 Å². The Kier molecular flexibility index (Phi) is 7.40. The van der Waals surface area contributed by atoms with Crippen molar-refractivity contribution in [3.63, 3.8) is 0 Å². The van der Waals surface area contributed by atoms with Gasteiger partial charge in [-0.3, -0.25) is 4.79 Å². The highest BCUT2D eigenvalue weighted by Crippen LogP contribution is 2.26. The number of rotatable bonds is 8. The molecule has 3 atom stereocenters. The van der Waals surface area contributed by atoms with Gasteiger partial charge in [-0.05, 0) is 49.9 Å². The van der Waals surface area contributed by atoms with Crippen LogP contribution in [0, 0.1) is 5.92 Å². The van der Waals surface area contributed by atoms with Gasteiger partial charge >= 0.3 is 5.97 Å². The number of benzene rings is 2. The Balaban J connectivity index is 2.10. The molecule has 3 heteroatoms. The van der Waals surface area contributed by atoms with Crippen molar-refractivity contribution >= 4 is 5.97 Å². The van der Waals surface area contributed by atoms with Crippen molar-refractivity contribution in [2.75, 3.05) is 7.05 Å². The SMILES string of the molecule is CN[C@@H](C)[C@@H](OC(=O)C(C)c1ccc(CC(C)C)cc1)c1ccccc1. The Hall–Kier alpha value is -2.13. The summed E-state index contributed by atoms with van der Waals surface area (Å²) >= 11 is 0. The molecule has 0 fully saturated rings. The van der Waals surface area contributed by atoms with E-state index in [0.29, 0.717) is 5.92 Å². The maximum Gasteiger partial charge on any atom is 0.313 e. The highest BCUT2D eigenvalue weighted by molar-refractivity contribution is 5.78. The fourth-order valence-corrected chi connectivity index (χ4v) is 3.03. The van der Waals surface area contributed by atoms with Crippen LogP contribution in [0.3, 0.4) is 0 Å². The molecule has 2 aromatic carbocycles. The third-order valence-corrected chi connectivity index (χ3v) is 4.76. The summed E-state index contributed by atoms with van der Waals surface area (Å²) in [6.45, 7) is 8.35. The lowest BCUT2D eigenvalue weighted by Gasteiger charge is -2.26. The van der Waals surface area contributed by atoms with Gasteiger partial charge < -0.3 is 10.1 Å². The molecule has 0 bridgehead atoms. The molecule has 140 valence electrons. The van der Waals surface area contributed by atoms with Gasteiger partial charge in [-0.15, -0.1) is 0 Å². The second kappa shape index (κ2) is 9.54. The molecule has 0 heterocycles. The summed E-state index contributed by atoms with van der Waals surface area (Å²) in [6, 6.07) is 18.2. The smallest absolute Gasteiger partial charge is 0.313 e. The van der Waals surface area contributed by atoms with E-state index in [0.717, 1.165) is 17.5 Å². The molecule has 0 radical (unpaired) electrons. The van der Waals surface area contributed by atoms with Crippen LogP contribution in [0.15, 0.2) is 54.6 Å². The Labute approximate surface area is 157 Å². The monoisotopic (exact) mass is 353 g/mol. The molecule has 1 N–H and O–H groups in total. The standard InChI is InChI=1S/C23H31NO2/c1-16(2)15-19-11-13-20(14-12-19)17(3)23(25)26-22(18(4)24-5)21-9-7-6-8-10-21/h6-14,16-18,22,24H,15H2,1-5H3/t17?,18-,22+/m0/s1. The molecule has 0 saturated heterocycles. The highest BCUT2D eigenvalue weighted by atomic mass is 16.5. The van der Waals surface area contributed by atoms with Crippen LogP contribution < -0.4 is 5.32 Å². The van der Waals surface area contributed by atoms with Crippen molar-refractivity contribution in [1.82, 2.24) is 5.32 Å². The van der Waals surface area contributed by atoms with E-state index in [1.165, 1.54) is 5.56 Å². The van der Waals surface area contributed by atoms with Gasteiger partial charge in [0.1, 0.15) is 6.10 Å². The third-order valence-electron chi connectivity index (χ3n) is 4.76. The first-order valence-corrected chi connectivity index (χ1v) is 9.44. The van der Waals surface area contributed by atoms with Crippen molar-refractivity contribution in [2.45, 2.75) is 52.2 Å². The summed E-state index contributed by atoms with van der Waals surface area (Å²) < 4.78 is 5.90. The highest BCUT2D eigenvalue weighted by Gasteiger charge is 2.26. The van der Waals surface area contributed by atoms with Crippen LogP contribution in [0.25, 0.3) is 0 Å². The molecule has 2 rings (SSSR count). The van der Waals surface area contributed by atoms with E-state index < -0.39 is 0 Å². The van der Waals surface area contributed by atoms with Gasteiger partial charge in [0, 0.05) is 6.04 Å². The number of nitrogens with one attached hydrogen (secondary N) is 1. The van der Waals surface area contributed by atoms with Gasteiger partial charge in [0.05, 0.1) is 5.92 Å². The molecule has 3 nitrogen and oxygen atoms in total. The van der Waals surface area contributed by atoms with Gasteiger partial charge in [-0.25, -0.2) is 0 Å². The zero-order valence-electron chi connectivity index (χ0n) is 16.5. The van der Waals surface area contributed by atoms with Crippen molar-refractivity contribution in [3.05, 3.63) is 71.3 Å². The normalized spacial score (nSPS) is 14.7. The van der Waals surface area contributed by atoms with Gasteiger partial charge in [-0.2, -0.15) is 0 Å². The molecule has 0 saturated carbocycles. The minimum atomic E-state index is -0.309. The lowest BCUT2D eigenvalue weighted by atomic mass is 9.96. The van der Waals surface area contributed by atoms with Crippen LogP contribution in [0.4, 0.5) is 0 Å². The minimum absolute atomic E-state index is 0.0296. The molecule has 1 unspecified atom stereocenters. The molecule has 2 aromatic rings. The summed E-state index contributed by atoms with van der Waals surface area (Å²) in [6.07, 6.45) is 0.742. The van der Waals surface area contributed by atoms with Crippen LogP contribution in [0.2, 0.25) is 0 Å². The lowest BCUT2D eigenvalue weighted by molar-refractivity contribution is -0.152. The fourth-order valence-electron chi connectivity index (χ4n) is 3.03. The Morgan fingerprint density at radius 2 is 1.54 bits per heavy atom. The van der Waals surface area contributed by atoms with Crippen molar-refractivity contribution < 1.29 is 9.53 Å². The molecule has 0 amide bonds. The number of likely N-dealkylation sites (N-methyl/N-ethyl adjacent to an activating group) is 1. The minimum Gasteiger partial charge on any atom is -0.455 e. The number of ether oxygens (including phenoxy) is 1. The molecular weight excluding hydrogens is 322 g/mol. The van der Waals surface area contributed by atoms with E-state index in [9.17, 15) is 4.79 Å². The average Bonchev–Trinajstić information content (AvgIpc) is 2.65. The number of hydrogen-bond acceptors (Lipinski definition) is 3. The number of carbonyl (C=O) groups is 1. The van der Waals surface area contributed by atoms with Gasteiger partial charge in [0.15, 0.2) is 0 Å². The fraction of sp³-hybridized carbons (Fsp3) is 0.435. The maximum absolute atomic E-state index is 12.8. The van der Waals surface area contributed by atoms with Crippen molar-refractivity contribution in [3.8, 4) is 0 Å². The molecule has 26 heavy (non-hydrogen) atoms. The first-order chi connectivity index (χ1) is 12.4. The summed E-state index contributed by atoms with van der Waals surface area (Å²) in [5, 5.41) is 3.20. The van der Waals surface area contributed by atoms with E-state index in [1.807, 2.05) is 63.4 Å². The van der Waals surface area contributed by atoms with Crippen LogP contribution >= 0.6 is 0 Å².